The lowest BCUT2D eigenvalue weighted by atomic mass is 10.1. The van der Waals surface area contributed by atoms with Gasteiger partial charge in [-0.25, -0.2) is 0 Å². The summed E-state index contributed by atoms with van der Waals surface area (Å²) in [7, 11) is 0. The Morgan fingerprint density at radius 1 is 1.19 bits per heavy atom. The van der Waals surface area contributed by atoms with Gasteiger partial charge >= 0.3 is 0 Å². The van der Waals surface area contributed by atoms with Crippen LogP contribution in [0.3, 0.4) is 0 Å². The minimum absolute atomic E-state index is 0.256. The molecule has 0 aromatic heterocycles. The fraction of sp³-hybridized carbons (Fsp3) is 0.588. The summed E-state index contributed by atoms with van der Waals surface area (Å²) in [6.07, 6.45) is 4.57. The molecule has 1 amide bonds. The zero-order valence-electron chi connectivity index (χ0n) is 13.1. The topological polar surface area (TPSA) is 49.6 Å². The quantitative estimate of drug-likeness (QED) is 0.874. The molecule has 2 N–H and O–H groups in total. The standard InChI is InChI=1S/C17H27N3O/c1-2-10-20(16-8-6-15(13-18)7-9-16)14-17(21)19-11-4-3-5-12-19/h6-9H,2-5,10-14,18H2,1H3. The highest BCUT2D eigenvalue weighted by molar-refractivity contribution is 5.81. The Hall–Kier alpha value is -1.55. The summed E-state index contributed by atoms with van der Waals surface area (Å²) < 4.78 is 0. The van der Waals surface area contributed by atoms with E-state index in [1.165, 1.54) is 6.42 Å². The predicted molar refractivity (Wildman–Crippen MR) is 87.3 cm³/mol. The number of nitrogens with zero attached hydrogens (tertiary/aromatic N) is 2. The van der Waals surface area contributed by atoms with Gasteiger partial charge in [0.2, 0.25) is 5.91 Å². The van der Waals surface area contributed by atoms with Crippen LogP contribution in [-0.4, -0.2) is 37.0 Å². The Kier molecular flexibility index (Phi) is 6.05. The van der Waals surface area contributed by atoms with Gasteiger partial charge in [-0.1, -0.05) is 19.1 Å². The van der Waals surface area contributed by atoms with Crippen LogP contribution in [0.25, 0.3) is 0 Å². The van der Waals surface area contributed by atoms with E-state index in [9.17, 15) is 4.79 Å². The van der Waals surface area contributed by atoms with Crippen LogP contribution >= 0.6 is 0 Å². The van der Waals surface area contributed by atoms with Crippen LogP contribution in [-0.2, 0) is 11.3 Å². The van der Waals surface area contributed by atoms with Crippen molar-refractivity contribution in [1.82, 2.24) is 4.90 Å². The number of piperidine rings is 1. The Morgan fingerprint density at radius 3 is 2.43 bits per heavy atom. The largest absolute Gasteiger partial charge is 0.362 e. The molecule has 4 heteroatoms. The van der Waals surface area contributed by atoms with Crippen LogP contribution < -0.4 is 10.6 Å². The zero-order chi connectivity index (χ0) is 15.1. The van der Waals surface area contributed by atoms with E-state index in [1.54, 1.807) is 0 Å². The molecule has 4 nitrogen and oxygen atoms in total. The molecular formula is C17H27N3O. The molecule has 0 aliphatic carbocycles. The smallest absolute Gasteiger partial charge is 0.242 e. The third kappa shape index (κ3) is 4.46. The maximum absolute atomic E-state index is 12.4. The second-order valence-corrected chi connectivity index (χ2v) is 5.73. The Labute approximate surface area is 127 Å². The third-order valence-electron chi connectivity index (χ3n) is 4.07. The first-order valence-corrected chi connectivity index (χ1v) is 8.06. The highest BCUT2D eigenvalue weighted by Gasteiger charge is 2.19. The molecule has 0 unspecified atom stereocenters. The second-order valence-electron chi connectivity index (χ2n) is 5.73. The van der Waals surface area contributed by atoms with Gasteiger partial charge in [-0.15, -0.1) is 0 Å². The Bertz CT molecular complexity index is 438. The summed E-state index contributed by atoms with van der Waals surface area (Å²) in [5.41, 5.74) is 7.87. The summed E-state index contributed by atoms with van der Waals surface area (Å²) >= 11 is 0. The van der Waals surface area contributed by atoms with Crippen LogP contribution in [0.1, 0.15) is 38.2 Å². The van der Waals surface area contributed by atoms with Gasteiger partial charge in [0.05, 0.1) is 6.54 Å². The minimum Gasteiger partial charge on any atom is -0.362 e. The molecule has 1 aliphatic rings. The highest BCUT2D eigenvalue weighted by atomic mass is 16.2. The van der Waals surface area contributed by atoms with Gasteiger partial charge in [0.25, 0.3) is 0 Å². The van der Waals surface area contributed by atoms with Gasteiger partial charge in [-0.2, -0.15) is 0 Å². The normalized spacial score (nSPS) is 15.0. The van der Waals surface area contributed by atoms with Gasteiger partial charge in [0.15, 0.2) is 0 Å². The summed E-state index contributed by atoms with van der Waals surface area (Å²) in [5, 5.41) is 0. The molecule has 2 rings (SSSR count). The van der Waals surface area contributed by atoms with Gasteiger partial charge in [0.1, 0.15) is 0 Å². The lowest BCUT2D eigenvalue weighted by Gasteiger charge is -2.31. The van der Waals surface area contributed by atoms with E-state index >= 15 is 0 Å². The average Bonchev–Trinajstić information content (AvgIpc) is 2.55. The van der Waals surface area contributed by atoms with E-state index in [0.717, 1.165) is 50.1 Å². The van der Waals surface area contributed by atoms with Crippen LogP contribution in [0, 0.1) is 0 Å². The monoisotopic (exact) mass is 289 g/mol. The lowest BCUT2D eigenvalue weighted by molar-refractivity contribution is -0.130. The number of nitrogens with two attached hydrogens (primary N) is 1. The number of hydrogen-bond acceptors (Lipinski definition) is 3. The zero-order valence-corrected chi connectivity index (χ0v) is 13.1. The molecule has 1 aromatic carbocycles. The van der Waals surface area contributed by atoms with Crippen LogP contribution in [0.4, 0.5) is 5.69 Å². The molecule has 1 aromatic rings. The number of anilines is 1. The van der Waals surface area contributed by atoms with Crippen LogP contribution in [0.5, 0.6) is 0 Å². The first kappa shape index (κ1) is 15.8. The summed E-state index contributed by atoms with van der Waals surface area (Å²) in [6.45, 7) is 5.93. The molecule has 116 valence electrons. The highest BCUT2D eigenvalue weighted by Crippen LogP contribution is 2.17. The number of amides is 1. The van der Waals surface area contributed by atoms with Crippen molar-refractivity contribution in [2.45, 2.75) is 39.2 Å². The number of carbonyl (C=O) groups is 1. The van der Waals surface area contributed by atoms with E-state index in [2.05, 4.69) is 24.0 Å². The number of benzene rings is 1. The molecule has 21 heavy (non-hydrogen) atoms. The molecule has 0 atom stereocenters. The van der Waals surface area contributed by atoms with Crippen molar-refractivity contribution in [2.75, 3.05) is 31.1 Å². The van der Waals surface area contributed by atoms with E-state index in [-0.39, 0.29) is 5.91 Å². The molecule has 1 aliphatic heterocycles. The van der Waals surface area contributed by atoms with E-state index in [0.29, 0.717) is 13.1 Å². The molecule has 0 spiro atoms. The maximum atomic E-state index is 12.4. The molecule has 0 radical (unpaired) electrons. The minimum atomic E-state index is 0.256. The average molecular weight is 289 g/mol. The number of rotatable bonds is 6. The molecule has 0 saturated carbocycles. The SMILES string of the molecule is CCCN(CC(=O)N1CCCCC1)c1ccc(CN)cc1. The van der Waals surface area contributed by atoms with Crippen molar-refractivity contribution in [2.24, 2.45) is 5.73 Å². The van der Waals surface area contributed by atoms with Crippen molar-refractivity contribution >= 4 is 11.6 Å². The predicted octanol–water partition coefficient (Wildman–Crippen LogP) is 2.37. The Morgan fingerprint density at radius 2 is 1.86 bits per heavy atom. The fourth-order valence-corrected chi connectivity index (χ4v) is 2.82. The van der Waals surface area contributed by atoms with Crippen molar-refractivity contribution in [3.8, 4) is 0 Å². The molecular weight excluding hydrogens is 262 g/mol. The fourth-order valence-electron chi connectivity index (χ4n) is 2.82. The van der Waals surface area contributed by atoms with Crippen molar-refractivity contribution < 1.29 is 4.79 Å². The molecule has 1 fully saturated rings. The summed E-state index contributed by atoms with van der Waals surface area (Å²) in [4.78, 5) is 16.6. The summed E-state index contributed by atoms with van der Waals surface area (Å²) in [6, 6.07) is 8.23. The number of carbonyl (C=O) groups excluding carboxylic acids is 1. The van der Waals surface area contributed by atoms with Crippen LogP contribution in [0.2, 0.25) is 0 Å². The summed E-state index contributed by atoms with van der Waals surface area (Å²) in [5.74, 6) is 0.256. The van der Waals surface area contributed by atoms with Gasteiger partial charge in [-0.05, 0) is 43.4 Å². The number of likely N-dealkylation sites (tertiary alicyclic amines) is 1. The van der Waals surface area contributed by atoms with Crippen molar-refractivity contribution in [3.05, 3.63) is 29.8 Å². The molecule has 1 saturated heterocycles. The van der Waals surface area contributed by atoms with Crippen molar-refractivity contribution in [3.63, 3.8) is 0 Å². The molecule has 1 heterocycles. The van der Waals surface area contributed by atoms with Crippen LogP contribution in [0.15, 0.2) is 24.3 Å². The number of hydrogen-bond donors (Lipinski definition) is 1. The molecule has 0 bridgehead atoms. The first-order chi connectivity index (χ1) is 10.2. The van der Waals surface area contributed by atoms with Gasteiger partial charge in [0, 0.05) is 31.9 Å². The second kappa shape index (κ2) is 8.03. The third-order valence-corrected chi connectivity index (χ3v) is 4.07. The lowest BCUT2D eigenvalue weighted by Crippen LogP contribution is -2.43. The van der Waals surface area contributed by atoms with Gasteiger partial charge in [-0.3, -0.25) is 4.79 Å². The van der Waals surface area contributed by atoms with E-state index < -0.39 is 0 Å². The van der Waals surface area contributed by atoms with Crippen molar-refractivity contribution in [1.29, 1.82) is 0 Å². The van der Waals surface area contributed by atoms with E-state index in [4.69, 9.17) is 5.73 Å². The first-order valence-electron chi connectivity index (χ1n) is 8.06. The Balaban J connectivity index is 2.01. The van der Waals surface area contributed by atoms with Gasteiger partial charge < -0.3 is 15.5 Å². The van der Waals surface area contributed by atoms with E-state index in [1.807, 2.05) is 17.0 Å². The maximum Gasteiger partial charge on any atom is 0.242 e.